The normalized spacial score (nSPS) is 15.9. The van der Waals surface area contributed by atoms with Gasteiger partial charge in [0.15, 0.2) is 0 Å². The molecule has 0 bridgehead atoms. The first kappa shape index (κ1) is 15.4. The molecule has 2 radical (unpaired) electrons. The van der Waals surface area contributed by atoms with Crippen molar-refractivity contribution in [3.05, 3.63) is 71.7 Å². The van der Waals surface area contributed by atoms with Crippen LogP contribution in [-0.2, 0) is 0 Å². The van der Waals surface area contributed by atoms with Gasteiger partial charge in [-0.15, -0.1) is 0 Å². The lowest BCUT2D eigenvalue weighted by Crippen LogP contribution is -2.28. The zero-order valence-corrected chi connectivity index (χ0v) is 10.4. The summed E-state index contributed by atoms with van der Waals surface area (Å²) in [5.74, 6) is 0. The van der Waals surface area contributed by atoms with Gasteiger partial charge in [0.2, 0.25) is 0 Å². The summed E-state index contributed by atoms with van der Waals surface area (Å²) < 4.78 is 76.0. The fourth-order valence-electron chi connectivity index (χ4n) is 1.90. The van der Waals surface area contributed by atoms with Crippen LogP contribution in [-0.4, -0.2) is 12.4 Å². The Morgan fingerprint density at radius 1 is 0.952 bits per heavy atom. The van der Waals surface area contributed by atoms with Crippen molar-refractivity contribution >= 4 is 5.57 Å². The molecule has 2 rings (SSSR count). The van der Waals surface area contributed by atoms with Gasteiger partial charge in [-0.25, -0.2) is 0 Å². The lowest BCUT2D eigenvalue weighted by molar-refractivity contribution is -0.172. The van der Waals surface area contributed by atoms with Crippen LogP contribution in [0.4, 0.5) is 26.3 Å². The van der Waals surface area contributed by atoms with Crippen molar-refractivity contribution in [2.24, 2.45) is 0 Å². The Balaban J connectivity index is 2.45. The molecule has 21 heavy (non-hydrogen) atoms. The van der Waals surface area contributed by atoms with E-state index in [1.165, 1.54) is 12.1 Å². The van der Waals surface area contributed by atoms with E-state index in [2.05, 4.69) is 6.07 Å². The first-order chi connectivity index (χ1) is 9.69. The van der Waals surface area contributed by atoms with Crippen LogP contribution in [0.15, 0.2) is 53.6 Å². The average Bonchev–Trinajstić information content (AvgIpc) is 2.37. The fourth-order valence-corrected chi connectivity index (χ4v) is 1.90. The second-order valence-electron chi connectivity index (χ2n) is 4.23. The van der Waals surface area contributed by atoms with E-state index in [0.717, 1.165) is 18.6 Å². The molecule has 0 atom stereocenters. The molecular formula is C15H8F6. The van der Waals surface area contributed by atoms with Gasteiger partial charge in [-0.3, -0.25) is 0 Å². The number of rotatable bonds is 1. The Morgan fingerprint density at radius 2 is 1.62 bits per heavy atom. The molecule has 0 spiro atoms. The van der Waals surface area contributed by atoms with Crippen molar-refractivity contribution in [2.45, 2.75) is 12.4 Å². The average molecular weight is 302 g/mol. The highest BCUT2D eigenvalue weighted by Crippen LogP contribution is 2.43. The number of alkyl halides is 6. The molecular weight excluding hydrogens is 294 g/mol. The van der Waals surface area contributed by atoms with Crippen molar-refractivity contribution in [1.82, 2.24) is 0 Å². The highest BCUT2D eigenvalue weighted by molar-refractivity contribution is 5.79. The third-order valence-corrected chi connectivity index (χ3v) is 2.74. The minimum Gasteiger partial charge on any atom is -0.166 e. The third-order valence-electron chi connectivity index (χ3n) is 2.74. The summed E-state index contributed by atoms with van der Waals surface area (Å²) in [5.41, 5.74) is -2.76. The largest absolute Gasteiger partial charge is 0.421 e. The van der Waals surface area contributed by atoms with E-state index in [0.29, 0.717) is 5.56 Å². The fraction of sp³-hybridized carbons (Fsp3) is 0.133. The van der Waals surface area contributed by atoms with Crippen molar-refractivity contribution in [3.63, 3.8) is 0 Å². The maximum Gasteiger partial charge on any atom is 0.421 e. The predicted molar refractivity (Wildman–Crippen MR) is 65.8 cm³/mol. The lowest BCUT2D eigenvalue weighted by Gasteiger charge is -2.20. The summed E-state index contributed by atoms with van der Waals surface area (Å²) >= 11 is 0. The lowest BCUT2D eigenvalue weighted by atomic mass is 9.91. The van der Waals surface area contributed by atoms with E-state index in [9.17, 15) is 26.3 Å². The summed E-state index contributed by atoms with van der Waals surface area (Å²) in [4.78, 5) is 0. The van der Waals surface area contributed by atoms with E-state index >= 15 is 0 Å². The minimum atomic E-state index is -5.47. The molecule has 0 fully saturated rings. The third kappa shape index (κ3) is 3.56. The quantitative estimate of drug-likeness (QED) is 0.636. The summed E-state index contributed by atoms with van der Waals surface area (Å²) in [6.45, 7) is 0. The first-order valence-electron chi connectivity index (χ1n) is 5.78. The zero-order chi connectivity index (χ0) is 15.7. The molecule has 0 aromatic heterocycles. The van der Waals surface area contributed by atoms with Gasteiger partial charge in [0.25, 0.3) is 0 Å². The molecule has 0 unspecified atom stereocenters. The molecule has 1 aliphatic carbocycles. The van der Waals surface area contributed by atoms with Crippen LogP contribution in [0.1, 0.15) is 5.56 Å². The van der Waals surface area contributed by atoms with Crippen molar-refractivity contribution < 1.29 is 26.3 Å². The molecule has 110 valence electrons. The number of benzene rings is 1. The van der Waals surface area contributed by atoms with Crippen LogP contribution in [0.3, 0.4) is 0 Å². The van der Waals surface area contributed by atoms with Gasteiger partial charge in [-0.2, -0.15) is 26.3 Å². The van der Waals surface area contributed by atoms with Gasteiger partial charge in [-0.1, -0.05) is 42.5 Å². The van der Waals surface area contributed by atoms with Gasteiger partial charge in [0, 0.05) is 6.42 Å². The van der Waals surface area contributed by atoms with Crippen LogP contribution in [0.5, 0.6) is 0 Å². The van der Waals surface area contributed by atoms with E-state index in [-0.39, 0.29) is 5.57 Å². The minimum absolute atomic E-state index is 0.235. The predicted octanol–water partition coefficient (Wildman–Crippen LogP) is 5.07. The number of allylic oxidation sites excluding steroid dienone is 6. The molecule has 1 aliphatic rings. The Morgan fingerprint density at radius 3 is 2.14 bits per heavy atom. The molecule has 0 N–H and O–H groups in total. The maximum absolute atomic E-state index is 12.7. The van der Waals surface area contributed by atoms with Crippen molar-refractivity contribution in [1.29, 1.82) is 0 Å². The topological polar surface area (TPSA) is 0 Å². The molecule has 0 saturated carbocycles. The van der Waals surface area contributed by atoms with Crippen LogP contribution in [0.2, 0.25) is 0 Å². The molecule has 0 saturated heterocycles. The van der Waals surface area contributed by atoms with Crippen LogP contribution in [0, 0.1) is 12.5 Å². The van der Waals surface area contributed by atoms with Crippen LogP contribution < -0.4 is 0 Å². The highest BCUT2D eigenvalue weighted by Gasteiger charge is 2.52. The highest BCUT2D eigenvalue weighted by atomic mass is 19.4. The monoisotopic (exact) mass is 302 g/mol. The standard InChI is InChI=1S/C15H8F6/c16-14(17,18)13(15(19,20)21)12-8-4-7-11(9-12)10-5-2-1-3-6-10/h1-5,7-9H. The van der Waals surface area contributed by atoms with Crippen LogP contribution in [0.25, 0.3) is 5.57 Å². The van der Waals surface area contributed by atoms with Gasteiger partial charge in [0.1, 0.15) is 5.57 Å². The number of halogens is 6. The Labute approximate surface area is 117 Å². The van der Waals surface area contributed by atoms with Crippen LogP contribution >= 0.6 is 0 Å². The molecule has 0 aliphatic heterocycles. The van der Waals surface area contributed by atoms with Gasteiger partial charge in [0.05, 0.1) is 0 Å². The number of hydrogen-bond donors (Lipinski definition) is 0. The van der Waals surface area contributed by atoms with E-state index in [4.69, 9.17) is 0 Å². The summed E-state index contributed by atoms with van der Waals surface area (Å²) in [6.07, 6.45) is -6.71. The molecule has 0 nitrogen and oxygen atoms in total. The smallest absolute Gasteiger partial charge is 0.166 e. The van der Waals surface area contributed by atoms with E-state index in [1.807, 2.05) is 0 Å². The Kier molecular flexibility index (Phi) is 3.98. The summed E-state index contributed by atoms with van der Waals surface area (Å²) in [5, 5.41) is 0. The summed E-state index contributed by atoms with van der Waals surface area (Å²) in [6, 6.07) is 9.11. The molecule has 6 heteroatoms. The summed E-state index contributed by atoms with van der Waals surface area (Å²) in [7, 11) is 0. The second-order valence-corrected chi connectivity index (χ2v) is 4.23. The first-order valence-corrected chi connectivity index (χ1v) is 5.78. The number of hydrogen-bond acceptors (Lipinski definition) is 0. The molecule has 1 aromatic carbocycles. The van der Waals surface area contributed by atoms with E-state index < -0.39 is 23.5 Å². The van der Waals surface area contributed by atoms with Crippen molar-refractivity contribution in [3.8, 4) is 0 Å². The van der Waals surface area contributed by atoms with Crippen molar-refractivity contribution in [2.75, 3.05) is 0 Å². The zero-order valence-electron chi connectivity index (χ0n) is 10.4. The molecule has 0 amide bonds. The maximum atomic E-state index is 12.7. The van der Waals surface area contributed by atoms with Gasteiger partial charge >= 0.3 is 12.4 Å². The Hall–Kier alpha value is -1.98. The van der Waals surface area contributed by atoms with Gasteiger partial charge < -0.3 is 0 Å². The second kappa shape index (κ2) is 5.42. The SMILES string of the molecule is FC(F)(F)C(=C1[CH]C(c2[c]cccc2)=CC=C1)C(F)(F)F. The van der Waals surface area contributed by atoms with E-state index in [1.54, 1.807) is 18.2 Å². The molecule has 0 heterocycles. The molecule has 1 aromatic rings. The van der Waals surface area contributed by atoms with Gasteiger partial charge in [-0.05, 0) is 22.8 Å². The Bertz CT molecular complexity index is 583.